The van der Waals surface area contributed by atoms with Gasteiger partial charge in [-0.3, -0.25) is 0 Å². The van der Waals surface area contributed by atoms with E-state index in [2.05, 4.69) is 5.32 Å². The first-order valence-electron chi connectivity index (χ1n) is 5.62. The molecule has 0 bridgehead atoms. The van der Waals surface area contributed by atoms with E-state index in [1.54, 1.807) is 6.07 Å². The normalized spacial score (nSPS) is 29.4. The summed E-state index contributed by atoms with van der Waals surface area (Å²) in [5, 5.41) is 12.2. The second-order valence-electron chi connectivity index (χ2n) is 4.55. The van der Waals surface area contributed by atoms with Gasteiger partial charge in [-0.05, 0) is 30.2 Å². The standard InChI is InChI=1S/C13H12FNO2/c14-7-4-5-11-10(6-7)8-2-1-3-9(8)12(15-11)13(16)17/h1-2,4-6,8-9,12,15H,3H2,(H,16,17)/t8-,9+,12-/m0/s1. The Balaban J connectivity index is 2.09. The van der Waals surface area contributed by atoms with Gasteiger partial charge in [0, 0.05) is 17.5 Å². The highest BCUT2D eigenvalue weighted by Gasteiger charge is 2.40. The molecule has 2 N–H and O–H groups in total. The van der Waals surface area contributed by atoms with Gasteiger partial charge < -0.3 is 10.4 Å². The first-order valence-corrected chi connectivity index (χ1v) is 5.62. The Morgan fingerprint density at radius 3 is 3.06 bits per heavy atom. The van der Waals surface area contributed by atoms with Crippen molar-refractivity contribution in [2.45, 2.75) is 18.4 Å². The molecule has 0 amide bonds. The lowest BCUT2D eigenvalue weighted by molar-refractivity contribution is -0.139. The maximum Gasteiger partial charge on any atom is 0.326 e. The maximum absolute atomic E-state index is 13.2. The van der Waals surface area contributed by atoms with Crippen LogP contribution in [0.5, 0.6) is 0 Å². The number of carboxylic acid groups (broad SMARTS) is 1. The molecule has 0 saturated carbocycles. The van der Waals surface area contributed by atoms with Crippen LogP contribution in [0.4, 0.5) is 10.1 Å². The summed E-state index contributed by atoms with van der Waals surface area (Å²) in [5.41, 5.74) is 1.59. The summed E-state index contributed by atoms with van der Waals surface area (Å²) in [6.07, 6.45) is 4.69. The van der Waals surface area contributed by atoms with Crippen molar-refractivity contribution in [3.63, 3.8) is 0 Å². The summed E-state index contributed by atoms with van der Waals surface area (Å²) in [5.74, 6) is -1.12. The molecule has 1 aliphatic heterocycles. The maximum atomic E-state index is 13.2. The molecule has 0 spiro atoms. The van der Waals surface area contributed by atoms with Crippen molar-refractivity contribution < 1.29 is 14.3 Å². The van der Waals surface area contributed by atoms with Crippen molar-refractivity contribution in [2.75, 3.05) is 5.32 Å². The van der Waals surface area contributed by atoms with E-state index in [4.69, 9.17) is 0 Å². The minimum absolute atomic E-state index is 0.0122. The summed E-state index contributed by atoms with van der Waals surface area (Å²) < 4.78 is 13.2. The fraction of sp³-hybridized carbons (Fsp3) is 0.308. The lowest BCUT2D eigenvalue weighted by Crippen LogP contribution is -2.41. The topological polar surface area (TPSA) is 49.3 Å². The lowest BCUT2D eigenvalue weighted by Gasteiger charge is -2.34. The van der Waals surface area contributed by atoms with Gasteiger partial charge in [0.25, 0.3) is 0 Å². The second kappa shape index (κ2) is 3.58. The van der Waals surface area contributed by atoms with Crippen molar-refractivity contribution in [2.24, 2.45) is 5.92 Å². The van der Waals surface area contributed by atoms with Crippen molar-refractivity contribution in [3.8, 4) is 0 Å². The Bertz CT molecular complexity index is 512. The fourth-order valence-electron chi connectivity index (χ4n) is 2.81. The zero-order chi connectivity index (χ0) is 12.0. The average Bonchev–Trinajstić information content (AvgIpc) is 2.76. The van der Waals surface area contributed by atoms with Crippen LogP contribution >= 0.6 is 0 Å². The van der Waals surface area contributed by atoms with Gasteiger partial charge >= 0.3 is 5.97 Å². The van der Waals surface area contributed by atoms with Crippen molar-refractivity contribution >= 4 is 11.7 Å². The third-order valence-electron chi connectivity index (χ3n) is 3.59. The molecule has 17 heavy (non-hydrogen) atoms. The smallest absolute Gasteiger partial charge is 0.326 e. The summed E-state index contributed by atoms with van der Waals surface area (Å²) >= 11 is 0. The number of nitrogens with one attached hydrogen (secondary N) is 1. The Kier molecular flexibility index (Phi) is 2.18. The SMILES string of the molecule is O=C(O)[C@H]1Nc2ccc(F)cc2[C@H]2C=CC[C@@H]12. The Morgan fingerprint density at radius 2 is 2.29 bits per heavy atom. The number of benzene rings is 1. The molecule has 0 fully saturated rings. The van der Waals surface area contributed by atoms with Gasteiger partial charge in [0.1, 0.15) is 11.9 Å². The highest BCUT2D eigenvalue weighted by atomic mass is 19.1. The quantitative estimate of drug-likeness (QED) is 0.732. The molecular weight excluding hydrogens is 221 g/mol. The van der Waals surface area contributed by atoms with E-state index in [-0.39, 0.29) is 17.7 Å². The number of allylic oxidation sites excluding steroid dienone is 2. The number of anilines is 1. The molecule has 0 radical (unpaired) electrons. The Hall–Kier alpha value is -1.84. The highest BCUT2D eigenvalue weighted by Crippen LogP contribution is 2.44. The van der Waals surface area contributed by atoms with Crippen LogP contribution in [0.15, 0.2) is 30.4 Å². The molecule has 0 saturated heterocycles. The van der Waals surface area contributed by atoms with Crippen molar-refractivity contribution in [1.29, 1.82) is 0 Å². The number of halogens is 1. The van der Waals surface area contributed by atoms with Crippen LogP contribution in [0.3, 0.4) is 0 Å². The van der Waals surface area contributed by atoms with Crippen molar-refractivity contribution in [3.05, 3.63) is 41.7 Å². The summed E-state index contributed by atoms with van der Waals surface area (Å²) in [6.45, 7) is 0. The molecule has 0 unspecified atom stereocenters. The van der Waals surface area contributed by atoms with E-state index in [9.17, 15) is 14.3 Å². The molecule has 4 heteroatoms. The van der Waals surface area contributed by atoms with E-state index >= 15 is 0 Å². The summed E-state index contributed by atoms with van der Waals surface area (Å²) in [6, 6.07) is 3.87. The molecule has 88 valence electrons. The molecule has 3 nitrogen and oxygen atoms in total. The number of hydrogen-bond donors (Lipinski definition) is 2. The van der Waals surface area contributed by atoms with Gasteiger partial charge in [0.05, 0.1) is 0 Å². The molecule has 2 aliphatic rings. The van der Waals surface area contributed by atoms with E-state index in [0.29, 0.717) is 0 Å². The average molecular weight is 233 g/mol. The molecule has 1 aliphatic carbocycles. The summed E-state index contributed by atoms with van der Waals surface area (Å²) in [7, 11) is 0. The van der Waals surface area contributed by atoms with Crippen LogP contribution in [0.1, 0.15) is 17.9 Å². The van der Waals surface area contributed by atoms with E-state index < -0.39 is 12.0 Å². The zero-order valence-corrected chi connectivity index (χ0v) is 9.06. The molecule has 3 atom stereocenters. The molecule has 1 aromatic rings. The molecule has 3 rings (SSSR count). The van der Waals surface area contributed by atoms with Gasteiger partial charge in [0.2, 0.25) is 0 Å². The largest absolute Gasteiger partial charge is 0.480 e. The van der Waals surface area contributed by atoms with Crippen LogP contribution in [0.25, 0.3) is 0 Å². The predicted molar refractivity (Wildman–Crippen MR) is 61.4 cm³/mol. The first kappa shape index (κ1) is 10.3. The van der Waals surface area contributed by atoms with Gasteiger partial charge in [-0.25, -0.2) is 9.18 Å². The molecule has 1 aromatic carbocycles. The second-order valence-corrected chi connectivity index (χ2v) is 4.55. The molecular formula is C13H12FNO2. The third kappa shape index (κ3) is 1.52. The van der Waals surface area contributed by atoms with E-state index in [1.165, 1.54) is 12.1 Å². The minimum Gasteiger partial charge on any atom is -0.480 e. The van der Waals surface area contributed by atoms with Crippen LogP contribution in [0.2, 0.25) is 0 Å². The lowest BCUT2D eigenvalue weighted by atomic mass is 9.79. The van der Waals surface area contributed by atoms with Gasteiger partial charge in [0.15, 0.2) is 0 Å². The number of aliphatic carboxylic acids is 1. The van der Waals surface area contributed by atoms with Gasteiger partial charge in [-0.1, -0.05) is 12.2 Å². The number of carbonyl (C=O) groups is 1. The Morgan fingerprint density at radius 1 is 1.47 bits per heavy atom. The zero-order valence-electron chi connectivity index (χ0n) is 9.06. The number of hydrogen-bond acceptors (Lipinski definition) is 2. The fourth-order valence-corrected chi connectivity index (χ4v) is 2.81. The molecule has 1 heterocycles. The van der Waals surface area contributed by atoms with Crippen LogP contribution in [-0.2, 0) is 4.79 Å². The number of carboxylic acids is 1. The monoisotopic (exact) mass is 233 g/mol. The summed E-state index contributed by atoms with van der Waals surface area (Å²) in [4.78, 5) is 11.2. The van der Waals surface area contributed by atoms with Crippen molar-refractivity contribution in [1.82, 2.24) is 0 Å². The molecule has 0 aromatic heterocycles. The highest BCUT2D eigenvalue weighted by molar-refractivity contribution is 5.80. The van der Waals surface area contributed by atoms with E-state index in [0.717, 1.165) is 17.7 Å². The number of fused-ring (bicyclic) bond motifs is 3. The van der Waals surface area contributed by atoms with Gasteiger partial charge in [-0.15, -0.1) is 0 Å². The van der Waals surface area contributed by atoms with Crippen LogP contribution in [-0.4, -0.2) is 17.1 Å². The predicted octanol–water partition coefficient (Wildman–Crippen LogP) is 2.36. The minimum atomic E-state index is -0.848. The number of rotatable bonds is 1. The Labute approximate surface area is 98.0 Å². The van der Waals surface area contributed by atoms with Crippen LogP contribution < -0.4 is 5.32 Å². The van der Waals surface area contributed by atoms with E-state index in [1.807, 2.05) is 12.2 Å². The van der Waals surface area contributed by atoms with Gasteiger partial charge in [-0.2, -0.15) is 0 Å². The van der Waals surface area contributed by atoms with Crippen LogP contribution in [0, 0.1) is 11.7 Å². The third-order valence-corrected chi connectivity index (χ3v) is 3.59. The first-order chi connectivity index (χ1) is 8.16.